The predicted molar refractivity (Wildman–Crippen MR) is 133 cm³/mol. The Balaban J connectivity index is 1.31. The maximum Gasteiger partial charge on any atom is 0.319 e. The number of thiazole rings is 1. The summed E-state index contributed by atoms with van der Waals surface area (Å²) >= 11 is 7.11. The molecule has 0 aliphatic carbocycles. The van der Waals surface area contributed by atoms with E-state index in [1.54, 1.807) is 13.8 Å². The number of halogens is 2. The summed E-state index contributed by atoms with van der Waals surface area (Å²) in [6.07, 6.45) is 0.0621. The minimum atomic E-state index is -1.08. The van der Waals surface area contributed by atoms with Gasteiger partial charge in [-0.2, -0.15) is 0 Å². The highest BCUT2D eigenvalue weighted by Gasteiger charge is 2.44. The van der Waals surface area contributed by atoms with Crippen LogP contribution in [0.1, 0.15) is 52.4 Å². The Bertz CT molecular complexity index is 1500. The van der Waals surface area contributed by atoms with Crippen molar-refractivity contribution in [3.63, 3.8) is 0 Å². The van der Waals surface area contributed by atoms with Crippen LogP contribution >= 0.6 is 22.9 Å². The molecule has 2 aliphatic rings. The number of rotatable bonds is 4. The van der Waals surface area contributed by atoms with Gasteiger partial charge >= 0.3 is 6.03 Å². The average Bonchev–Trinajstić information content (AvgIpc) is 3.33. The predicted octanol–water partition coefficient (Wildman–Crippen LogP) is 3.55. The van der Waals surface area contributed by atoms with Crippen molar-refractivity contribution in [2.75, 3.05) is 5.32 Å². The van der Waals surface area contributed by atoms with Crippen LogP contribution in [0.3, 0.4) is 0 Å². The van der Waals surface area contributed by atoms with Gasteiger partial charge in [0, 0.05) is 18.2 Å². The molecule has 1 aromatic heterocycles. The zero-order valence-electron chi connectivity index (χ0n) is 19.5. The van der Waals surface area contributed by atoms with Gasteiger partial charge in [-0.05, 0) is 44.5 Å². The molecule has 3 heterocycles. The van der Waals surface area contributed by atoms with Crippen molar-refractivity contribution < 1.29 is 28.4 Å². The molecule has 6 amide bonds. The molecule has 190 valence electrons. The second-order valence-corrected chi connectivity index (χ2v) is 10.6. The normalized spacial score (nSPS) is 17.7. The van der Waals surface area contributed by atoms with Crippen LogP contribution in [0.25, 0.3) is 10.2 Å². The molecule has 1 fully saturated rings. The van der Waals surface area contributed by atoms with Crippen molar-refractivity contribution in [1.82, 2.24) is 20.5 Å². The van der Waals surface area contributed by atoms with Crippen LogP contribution in [0.4, 0.5) is 14.9 Å². The van der Waals surface area contributed by atoms with E-state index < -0.39 is 47.1 Å². The number of nitrogens with one attached hydrogen (secondary N) is 3. The van der Waals surface area contributed by atoms with E-state index in [1.807, 2.05) is 0 Å². The zero-order chi connectivity index (χ0) is 26.6. The van der Waals surface area contributed by atoms with Gasteiger partial charge in [-0.3, -0.25) is 29.4 Å². The van der Waals surface area contributed by atoms with Crippen LogP contribution in [0.15, 0.2) is 30.3 Å². The highest BCUT2D eigenvalue weighted by molar-refractivity contribution is 7.18. The molecule has 37 heavy (non-hydrogen) atoms. The van der Waals surface area contributed by atoms with E-state index in [4.69, 9.17) is 11.6 Å². The Labute approximate surface area is 218 Å². The van der Waals surface area contributed by atoms with Crippen molar-refractivity contribution in [2.24, 2.45) is 0 Å². The van der Waals surface area contributed by atoms with E-state index >= 15 is 0 Å². The van der Waals surface area contributed by atoms with E-state index in [-0.39, 0.29) is 34.7 Å². The Morgan fingerprint density at radius 3 is 2.62 bits per heavy atom. The van der Waals surface area contributed by atoms with Gasteiger partial charge in [0.05, 0.1) is 31.9 Å². The number of urea groups is 1. The molecular weight excluding hydrogens is 525 g/mol. The molecule has 0 spiro atoms. The number of carbonyl (C=O) groups is 5. The Morgan fingerprint density at radius 2 is 1.89 bits per heavy atom. The first-order valence-electron chi connectivity index (χ1n) is 11.2. The quantitative estimate of drug-likeness (QED) is 0.430. The van der Waals surface area contributed by atoms with Gasteiger partial charge in [0.2, 0.25) is 11.8 Å². The first-order valence-corrected chi connectivity index (χ1v) is 12.3. The van der Waals surface area contributed by atoms with Crippen LogP contribution in [-0.2, 0) is 15.1 Å². The first-order chi connectivity index (χ1) is 17.4. The van der Waals surface area contributed by atoms with Gasteiger partial charge in [0.25, 0.3) is 11.8 Å². The number of nitrogens with zero attached hydrogens (tertiary/aromatic N) is 2. The number of anilines is 1. The summed E-state index contributed by atoms with van der Waals surface area (Å²) in [7, 11) is 0. The summed E-state index contributed by atoms with van der Waals surface area (Å²) in [6, 6.07) is 5.24. The summed E-state index contributed by atoms with van der Waals surface area (Å²) in [5, 5.41) is 8.07. The molecule has 0 radical (unpaired) electrons. The average molecular weight is 544 g/mol. The summed E-state index contributed by atoms with van der Waals surface area (Å²) in [4.78, 5) is 67.5. The molecule has 13 heteroatoms. The summed E-state index contributed by atoms with van der Waals surface area (Å²) in [5.41, 5.74) is -0.142. The molecule has 1 unspecified atom stereocenters. The third kappa shape index (κ3) is 4.42. The number of imide groups is 2. The van der Waals surface area contributed by atoms with Crippen molar-refractivity contribution in [1.29, 1.82) is 0 Å². The number of carbonyl (C=O) groups excluding carboxylic acids is 5. The second kappa shape index (κ2) is 8.89. The SMILES string of the molecule is CC(C)(NC(=O)Nc1ccc2c(c1)C(=O)N(C1CCC(=O)NC1=O)C2=O)c1nc2cc(F)c(Cl)cc2s1. The van der Waals surface area contributed by atoms with E-state index in [0.717, 1.165) is 4.90 Å². The van der Waals surface area contributed by atoms with Gasteiger partial charge in [-0.25, -0.2) is 14.2 Å². The fraction of sp³-hybridized carbons (Fsp3) is 0.250. The molecule has 0 bridgehead atoms. The Hall–Kier alpha value is -3.90. The minimum Gasteiger partial charge on any atom is -0.326 e. The Kier molecular flexibility index (Phi) is 5.95. The monoisotopic (exact) mass is 543 g/mol. The van der Waals surface area contributed by atoms with Crippen molar-refractivity contribution >= 4 is 68.5 Å². The van der Waals surface area contributed by atoms with Crippen LogP contribution < -0.4 is 16.0 Å². The molecule has 3 N–H and O–H groups in total. The minimum absolute atomic E-state index is 0.0171. The molecule has 3 aromatic rings. The molecule has 1 atom stereocenters. The first kappa shape index (κ1) is 24.8. The van der Waals surface area contributed by atoms with E-state index in [1.165, 1.54) is 41.7 Å². The lowest BCUT2D eigenvalue weighted by Gasteiger charge is -2.27. The van der Waals surface area contributed by atoms with Gasteiger partial charge in [0.1, 0.15) is 16.9 Å². The number of fused-ring (bicyclic) bond motifs is 2. The van der Waals surface area contributed by atoms with Crippen LogP contribution in [0, 0.1) is 5.82 Å². The van der Waals surface area contributed by atoms with Crippen molar-refractivity contribution in [2.45, 2.75) is 38.3 Å². The molecule has 2 aliphatic heterocycles. The third-order valence-electron chi connectivity index (χ3n) is 6.09. The van der Waals surface area contributed by atoms with Gasteiger partial charge in [-0.1, -0.05) is 11.6 Å². The Morgan fingerprint density at radius 1 is 1.16 bits per heavy atom. The van der Waals surface area contributed by atoms with Crippen molar-refractivity contribution in [3.05, 3.63) is 57.3 Å². The van der Waals surface area contributed by atoms with Crippen LogP contribution in [-0.4, -0.2) is 45.6 Å². The number of aromatic nitrogens is 1. The van der Waals surface area contributed by atoms with Crippen LogP contribution in [0.2, 0.25) is 5.02 Å². The van der Waals surface area contributed by atoms with Crippen LogP contribution in [0.5, 0.6) is 0 Å². The van der Waals surface area contributed by atoms with E-state index in [9.17, 15) is 28.4 Å². The molecule has 0 saturated carbocycles. The lowest BCUT2D eigenvalue weighted by molar-refractivity contribution is -0.136. The highest BCUT2D eigenvalue weighted by Crippen LogP contribution is 2.33. The largest absolute Gasteiger partial charge is 0.326 e. The van der Waals surface area contributed by atoms with E-state index in [0.29, 0.717) is 15.2 Å². The molecule has 2 aromatic carbocycles. The van der Waals surface area contributed by atoms with Crippen molar-refractivity contribution in [3.8, 4) is 0 Å². The molecular formula is C24H19ClFN5O5S. The fourth-order valence-corrected chi connectivity index (χ4v) is 5.51. The standard InChI is InChI=1S/C24H19ClFN5O5S/c1-24(2,22-28-15-9-14(26)13(25)8-17(15)37-22)30-23(36)27-10-3-4-11-12(7-10)21(35)31(20(11)34)16-5-6-18(32)29-19(16)33/h3-4,7-9,16H,5-6H2,1-2H3,(H2,27,30,36)(H,29,32,33). The van der Waals surface area contributed by atoms with Gasteiger partial charge in [0.15, 0.2) is 0 Å². The topological polar surface area (TPSA) is 138 Å². The highest BCUT2D eigenvalue weighted by atomic mass is 35.5. The molecule has 10 nitrogen and oxygen atoms in total. The fourth-order valence-electron chi connectivity index (χ4n) is 4.24. The van der Waals surface area contributed by atoms with E-state index in [2.05, 4.69) is 20.9 Å². The number of hydrogen-bond donors (Lipinski definition) is 3. The molecule has 1 saturated heterocycles. The lowest BCUT2D eigenvalue weighted by atomic mass is 10.0. The third-order valence-corrected chi connectivity index (χ3v) is 7.72. The van der Waals surface area contributed by atoms with Gasteiger partial charge in [-0.15, -0.1) is 11.3 Å². The second-order valence-electron chi connectivity index (χ2n) is 9.16. The number of hydrogen-bond acceptors (Lipinski definition) is 7. The lowest BCUT2D eigenvalue weighted by Crippen LogP contribution is -2.54. The summed E-state index contributed by atoms with van der Waals surface area (Å²) in [6.45, 7) is 3.45. The smallest absolute Gasteiger partial charge is 0.319 e. The number of benzene rings is 2. The maximum absolute atomic E-state index is 13.8. The van der Waals surface area contributed by atoms with Gasteiger partial charge < -0.3 is 10.6 Å². The zero-order valence-corrected chi connectivity index (χ0v) is 21.1. The summed E-state index contributed by atoms with van der Waals surface area (Å²) in [5.74, 6) is -3.07. The molecule has 5 rings (SSSR count). The summed E-state index contributed by atoms with van der Waals surface area (Å²) < 4.78 is 14.5. The number of piperidine rings is 1. The number of amides is 6. The maximum atomic E-state index is 13.8.